The summed E-state index contributed by atoms with van der Waals surface area (Å²) in [6.45, 7) is 3.06. The number of carboxylic acid groups (broad SMARTS) is 1. The maximum absolute atomic E-state index is 12.3. The summed E-state index contributed by atoms with van der Waals surface area (Å²) in [4.78, 5) is 25.8. The molecule has 3 heterocycles. The number of rotatable bonds is 5. The molecule has 1 aliphatic rings. The Hall–Kier alpha value is -2.78. The van der Waals surface area contributed by atoms with Gasteiger partial charge in [0.25, 0.3) is 0 Å². The molecule has 10 heteroatoms. The molecule has 0 atom stereocenters. The number of aryl methyl sites for hydroxylation is 2. The number of aromatic nitrogens is 6. The van der Waals surface area contributed by atoms with E-state index < -0.39 is 11.5 Å². The Morgan fingerprint density at radius 1 is 1.33 bits per heavy atom. The summed E-state index contributed by atoms with van der Waals surface area (Å²) in [7, 11) is 0. The van der Waals surface area contributed by atoms with Crippen molar-refractivity contribution in [2.75, 3.05) is 13.1 Å². The molecule has 1 amide bonds. The average molecular weight is 333 g/mol. The number of hydrogen-bond acceptors (Lipinski definition) is 6. The highest BCUT2D eigenvalue weighted by Gasteiger charge is 2.44. The summed E-state index contributed by atoms with van der Waals surface area (Å²) >= 11 is 0. The number of aliphatic carboxylic acids is 1. The second-order valence-electron chi connectivity index (χ2n) is 6.00. The monoisotopic (exact) mass is 333 g/mol. The van der Waals surface area contributed by atoms with E-state index in [1.165, 1.54) is 15.7 Å². The zero-order valence-corrected chi connectivity index (χ0v) is 13.4. The minimum absolute atomic E-state index is 0.0267. The number of nitrogens with zero attached hydrogens (tertiary/aromatic N) is 7. The van der Waals surface area contributed by atoms with E-state index in [0.717, 1.165) is 5.56 Å². The summed E-state index contributed by atoms with van der Waals surface area (Å²) in [6.07, 6.45) is 5.79. The Labute approximate surface area is 138 Å². The fraction of sp³-hybridized carbons (Fsp3) is 0.571. The second kappa shape index (κ2) is 6.38. The lowest BCUT2D eigenvalue weighted by molar-refractivity contribution is -0.153. The molecule has 1 fully saturated rings. The molecule has 24 heavy (non-hydrogen) atoms. The van der Waals surface area contributed by atoms with Gasteiger partial charge in [-0.05, 0) is 22.9 Å². The van der Waals surface area contributed by atoms with Gasteiger partial charge >= 0.3 is 5.97 Å². The van der Waals surface area contributed by atoms with Crippen molar-refractivity contribution in [2.24, 2.45) is 0 Å². The van der Waals surface area contributed by atoms with Crippen molar-refractivity contribution in [3.63, 3.8) is 0 Å². The fourth-order valence-corrected chi connectivity index (χ4v) is 2.96. The zero-order valence-electron chi connectivity index (χ0n) is 13.4. The molecule has 0 saturated carbocycles. The first kappa shape index (κ1) is 16.1. The molecular formula is C14H19N7O3. The van der Waals surface area contributed by atoms with Crippen LogP contribution in [0, 0.1) is 6.92 Å². The van der Waals surface area contributed by atoms with E-state index in [9.17, 15) is 14.7 Å². The largest absolute Gasteiger partial charge is 0.479 e. The van der Waals surface area contributed by atoms with Gasteiger partial charge in [-0.2, -0.15) is 5.10 Å². The molecule has 10 nitrogen and oxygen atoms in total. The molecule has 0 unspecified atom stereocenters. The SMILES string of the molecule is Cc1cnn(C2(C(=O)O)CCN(C(=O)CCn3cnnn3)CC2)c1. The molecule has 0 aromatic carbocycles. The van der Waals surface area contributed by atoms with Crippen molar-refractivity contribution in [2.45, 2.75) is 38.3 Å². The molecule has 3 rings (SSSR count). The molecule has 1 aliphatic heterocycles. The number of amides is 1. The molecule has 0 aliphatic carbocycles. The Bertz CT molecular complexity index is 717. The van der Waals surface area contributed by atoms with Crippen LogP contribution in [-0.2, 0) is 21.7 Å². The first-order valence-corrected chi connectivity index (χ1v) is 7.75. The van der Waals surface area contributed by atoms with Crippen molar-refractivity contribution >= 4 is 11.9 Å². The highest BCUT2D eigenvalue weighted by atomic mass is 16.4. The van der Waals surface area contributed by atoms with Gasteiger partial charge in [-0.1, -0.05) is 0 Å². The fourth-order valence-electron chi connectivity index (χ4n) is 2.96. The molecule has 2 aromatic rings. The van der Waals surface area contributed by atoms with Gasteiger partial charge in [0, 0.05) is 38.5 Å². The number of tetrazole rings is 1. The van der Waals surface area contributed by atoms with E-state index in [1.54, 1.807) is 17.3 Å². The van der Waals surface area contributed by atoms with Gasteiger partial charge in [0.15, 0.2) is 5.54 Å². The lowest BCUT2D eigenvalue weighted by atomic mass is 9.87. The third-order valence-electron chi connectivity index (χ3n) is 4.44. The van der Waals surface area contributed by atoms with Gasteiger partial charge in [0.2, 0.25) is 5.91 Å². The average Bonchev–Trinajstić information content (AvgIpc) is 3.24. The third-order valence-corrected chi connectivity index (χ3v) is 4.44. The van der Waals surface area contributed by atoms with Crippen molar-refractivity contribution < 1.29 is 14.7 Å². The van der Waals surface area contributed by atoms with E-state index in [1.807, 2.05) is 6.92 Å². The molecule has 128 valence electrons. The Morgan fingerprint density at radius 3 is 2.62 bits per heavy atom. The first-order valence-electron chi connectivity index (χ1n) is 7.75. The smallest absolute Gasteiger partial charge is 0.331 e. The van der Waals surface area contributed by atoms with Crippen LogP contribution in [0.2, 0.25) is 0 Å². The number of hydrogen-bond donors (Lipinski definition) is 1. The number of likely N-dealkylation sites (tertiary alicyclic amines) is 1. The van der Waals surface area contributed by atoms with Crippen molar-refractivity contribution in [1.29, 1.82) is 0 Å². The third kappa shape index (κ3) is 2.99. The molecule has 0 radical (unpaired) electrons. The highest BCUT2D eigenvalue weighted by molar-refractivity contribution is 5.79. The standard InChI is InChI=1S/C14H19N7O3/c1-11-8-16-21(9-11)14(13(23)24)3-6-19(7-4-14)12(22)2-5-20-10-15-17-18-20/h8-10H,2-7H2,1H3,(H,23,24). The maximum atomic E-state index is 12.3. The van der Waals surface area contributed by atoms with E-state index in [-0.39, 0.29) is 12.3 Å². The Balaban J connectivity index is 1.63. The summed E-state index contributed by atoms with van der Waals surface area (Å²) in [5.74, 6) is -0.937. The minimum atomic E-state index is -1.08. The Kier molecular flexibility index (Phi) is 4.28. The first-order chi connectivity index (χ1) is 11.5. The van der Waals surface area contributed by atoms with E-state index in [0.29, 0.717) is 32.5 Å². The van der Waals surface area contributed by atoms with Crippen molar-refractivity contribution in [1.82, 2.24) is 34.9 Å². The highest BCUT2D eigenvalue weighted by Crippen LogP contribution is 2.30. The van der Waals surface area contributed by atoms with E-state index >= 15 is 0 Å². The normalized spacial score (nSPS) is 17.0. The van der Waals surface area contributed by atoms with Crippen LogP contribution in [0.15, 0.2) is 18.7 Å². The van der Waals surface area contributed by atoms with E-state index in [4.69, 9.17) is 0 Å². The predicted molar refractivity (Wildman–Crippen MR) is 80.8 cm³/mol. The molecule has 1 N–H and O–H groups in total. The van der Waals surface area contributed by atoms with Crippen LogP contribution in [-0.4, -0.2) is 65.0 Å². The molecular weight excluding hydrogens is 314 g/mol. The predicted octanol–water partition coefficient (Wildman–Crippen LogP) is -0.329. The molecule has 0 spiro atoms. The van der Waals surface area contributed by atoms with Crippen LogP contribution in [0.1, 0.15) is 24.8 Å². The molecule has 1 saturated heterocycles. The van der Waals surface area contributed by atoms with Crippen LogP contribution >= 0.6 is 0 Å². The van der Waals surface area contributed by atoms with Gasteiger partial charge in [0.1, 0.15) is 6.33 Å². The molecule has 0 bridgehead atoms. The topological polar surface area (TPSA) is 119 Å². The van der Waals surface area contributed by atoms with Gasteiger partial charge in [0.05, 0.1) is 12.7 Å². The summed E-state index contributed by atoms with van der Waals surface area (Å²) < 4.78 is 3.02. The van der Waals surface area contributed by atoms with Crippen LogP contribution in [0.25, 0.3) is 0 Å². The van der Waals surface area contributed by atoms with Crippen molar-refractivity contribution in [3.05, 3.63) is 24.3 Å². The number of carbonyl (C=O) groups is 2. The Morgan fingerprint density at radius 2 is 2.08 bits per heavy atom. The minimum Gasteiger partial charge on any atom is -0.479 e. The van der Waals surface area contributed by atoms with Crippen LogP contribution in [0.3, 0.4) is 0 Å². The molecule has 2 aromatic heterocycles. The summed E-state index contributed by atoms with van der Waals surface area (Å²) in [5, 5.41) is 24.7. The lowest BCUT2D eigenvalue weighted by Gasteiger charge is -2.39. The number of carboxylic acids is 1. The van der Waals surface area contributed by atoms with Gasteiger partial charge < -0.3 is 10.0 Å². The quantitative estimate of drug-likeness (QED) is 0.795. The van der Waals surface area contributed by atoms with Gasteiger partial charge in [-0.25, -0.2) is 9.48 Å². The number of carbonyl (C=O) groups excluding carboxylic acids is 1. The van der Waals surface area contributed by atoms with Crippen LogP contribution < -0.4 is 0 Å². The van der Waals surface area contributed by atoms with Gasteiger partial charge in [-0.3, -0.25) is 9.48 Å². The summed E-state index contributed by atoms with van der Waals surface area (Å²) in [6, 6.07) is 0. The van der Waals surface area contributed by atoms with Gasteiger partial charge in [-0.15, -0.1) is 5.10 Å². The maximum Gasteiger partial charge on any atom is 0.331 e. The summed E-state index contributed by atoms with van der Waals surface area (Å²) in [5.41, 5.74) is -0.170. The van der Waals surface area contributed by atoms with E-state index in [2.05, 4.69) is 20.6 Å². The number of piperidine rings is 1. The van der Waals surface area contributed by atoms with Crippen molar-refractivity contribution in [3.8, 4) is 0 Å². The lowest BCUT2D eigenvalue weighted by Crippen LogP contribution is -2.52. The second-order valence-corrected chi connectivity index (χ2v) is 6.00. The zero-order chi connectivity index (χ0) is 17.2. The van der Waals surface area contributed by atoms with Crippen LogP contribution in [0.5, 0.6) is 0 Å². The van der Waals surface area contributed by atoms with Crippen LogP contribution in [0.4, 0.5) is 0 Å².